The van der Waals surface area contributed by atoms with Crippen molar-refractivity contribution in [1.82, 2.24) is 9.80 Å². The zero-order valence-electron chi connectivity index (χ0n) is 20.9. The summed E-state index contributed by atoms with van der Waals surface area (Å²) in [7, 11) is 3.30. The van der Waals surface area contributed by atoms with Gasteiger partial charge in [0, 0.05) is 25.7 Å². The predicted molar refractivity (Wildman–Crippen MR) is 142 cm³/mol. The molecule has 0 aliphatic carbocycles. The largest absolute Gasteiger partial charge is 0.493 e. The summed E-state index contributed by atoms with van der Waals surface area (Å²) in [6.07, 6.45) is 3.85. The summed E-state index contributed by atoms with van der Waals surface area (Å²) in [5.74, 6) is 1.13. The average Bonchev–Trinajstić information content (AvgIpc) is 3.17. The first kappa shape index (κ1) is 25.8. The number of hydrogen-bond acceptors (Lipinski definition) is 7. The Hall–Kier alpha value is -3.30. The number of hydrogen-bond donors (Lipinski definition) is 0. The Morgan fingerprint density at radius 1 is 1.17 bits per heavy atom. The van der Waals surface area contributed by atoms with Crippen LogP contribution in [0.1, 0.15) is 35.7 Å². The first-order valence-electron chi connectivity index (χ1n) is 12.0. The molecule has 2 amide bonds. The van der Waals surface area contributed by atoms with Crippen LogP contribution < -0.4 is 9.47 Å². The lowest BCUT2D eigenvalue weighted by molar-refractivity contribution is -0.121. The fourth-order valence-corrected chi connectivity index (χ4v) is 4.78. The molecule has 0 atom stereocenters. The standard InChI is InChI=1S/C27H31N3O5S/c1-4-5-13-35-22-10-9-19(16-23(22)33-3)17-24-26(32)29(2)27(36-24)28-21-8-6-7-20(18-21)25(31)30-11-14-34-15-12-30/h6-10,16-18H,4-5,11-15H2,1-3H3/b24-17+,28-27?. The molecule has 0 saturated carbocycles. The maximum absolute atomic E-state index is 12.9. The number of carbonyl (C=O) groups excluding carboxylic acids is 2. The van der Waals surface area contributed by atoms with Crippen molar-refractivity contribution in [3.63, 3.8) is 0 Å². The number of methoxy groups -OCH3 is 1. The molecule has 0 N–H and O–H groups in total. The number of amidine groups is 1. The van der Waals surface area contributed by atoms with E-state index >= 15 is 0 Å². The lowest BCUT2D eigenvalue weighted by atomic mass is 10.1. The third-order valence-electron chi connectivity index (χ3n) is 5.86. The first-order chi connectivity index (χ1) is 17.5. The molecule has 0 bridgehead atoms. The van der Waals surface area contributed by atoms with Gasteiger partial charge in [0.2, 0.25) is 0 Å². The Labute approximate surface area is 215 Å². The Kier molecular flexibility index (Phi) is 8.66. The van der Waals surface area contributed by atoms with E-state index in [-0.39, 0.29) is 11.8 Å². The summed E-state index contributed by atoms with van der Waals surface area (Å²) >= 11 is 1.30. The zero-order valence-corrected chi connectivity index (χ0v) is 21.7. The van der Waals surface area contributed by atoms with Crippen molar-refractivity contribution in [3.8, 4) is 11.5 Å². The number of benzene rings is 2. The topological polar surface area (TPSA) is 80.7 Å². The molecule has 2 fully saturated rings. The molecular weight excluding hydrogens is 478 g/mol. The lowest BCUT2D eigenvalue weighted by Crippen LogP contribution is -2.40. The first-order valence-corrected chi connectivity index (χ1v) is 12.9. The molecular formula is C27H31N3O5S. The van der Waals surface area contributed by atoms with Gasteiger partial charge in [0.1, 0.15) is 0 Å². The van der Waals surface area contributed by atoms with E-state index in [4.69, 9.17) is 14.2 Å². The number of amides is 2. The quantitative estimate of drug-likeness (QED) is 0.383. The number of likely N-dealkylation sites (N-methyl/N-ethyl adjacent to an activating group) is 1. The van der Waals surface area contributed by atoms with Gasteiger partial charge in [-0.3, -0.25) is 14.5 Å². The van der Waals surface area contributed by atoms with Gasteiger partial charge in [-0.15, -0.1) is 0 Å². The molecule has 2 aromatic rings. The SMILES string of the molecule is CCCCOc1ccc(/C=C2/SC(=Nc3cccc(C(=O)N4CCOCC4)c3)N(C)C2=O)cc1OC. The van der Waals surface area contributed by atoms with Crippen molar-refractivity contribution in [1.29, 1.82) is 0 Å². The number of ether oxygens (including phenoxy) is 3. The van der Waals surface area contributed by atoms with Gasteiger partial charge < -0.3 is 19.1 Å². The van der Waals surface area contributed by atoms with Crippen LogP contribution in [-0.2, 0) is 9.53 Å². The highest BCUT2D eigenvalue weighted by atomic mass is 32.2. The second-order valence-electron chi connectivity index (χ2n) is 8.44. The summed E-state index contributed by atoms with van der Waals surface area (Å²) in [5.41, 5.74) is 2.02. The maximum Gasteiger partial charge on any atom is 0.266 e. The van der Waals surface area contributed by atoms with E-state index in [1.165, 1.54) is 16.7 Å². The van der Waals surface area contributed by atoms with Crippen LogP contribution in [0.5, 0.6) is 11.5 Å². The van der Waals surface area contributed by atoms with Crippen LogP contribution in [-0.4, -0.2) is 73.8 Å². The molecule has 0 radical (unpaired) electrons. The molecule has 2 aliphatic rings. The molecule has 2 saturated heterocycles. The van der Waals surface area contributed by atoms with Crippen LogP contribution in [0.3, 0.4) is 0 Å². The highest BCUT2D eigenvalue weighted by Crippen LogP contribution is 2.35. The van der Waals surface area contributed by atoms with Crippen LogP contribution in [0.25, 0.3) is 6.08 Å². The monoisotopic (exact) mass is 509 g/mol. The van der Waals surface area contributed by atoms with E-state index in [0.717, 1.165) is 18.4 Å². The minimum absolute atomic E-state index is 0.0412. The molecule has 190 valence electrons. The lowest BCUT2D eigenvalue weighted by Gasteiger charge is -2.26. The third-order valence-corrected chi connectivity index (χ3v) is 6.92. The number of nitrogens with zero attached hydrogens (tertiary/aromatic N) is 3. The zero-order chi connectivity index (χ0) is 25.5. The minimum atomic E-state index is -0.137. The summed E-state index contributed by atoms with van der Waals surface area (Å²) in [5, 5.41) is 0.550. The Balaban J connectivity index is 1.51. The number of thioether (sulfide) groups is 1. The van der Waals surface area contributed by atoms with Gasteiger partial charge in [0.25, 0.3) is 11.8 Å². The number of rotatable bonds is 8. The number of carbonyl (C=O) groups is 2. The van der Waals surface area contributed by atoms with Crippen molar-refractivity contribution >= 4 is 40.5 Å². The third kappa shape index (κ3) is 6.09. The van der Waals surface area contributed by atoms with Crippen LogP contribution in [0.15, 0.2) is 52.4 Å². The molecule has 4 rings (SSSR count). The Morgan fingerprint density at radius 2 is 1.97 bits per heavy atom. The molecule has 8 nitrogen and oxygen atoms in total. The van der Waals surface area contributed by atoms with Crippen molar-refractivity contribution in [2.24, 2.45) is 4.99 Å². The van der Waals surface area contributed by atoms with Crippen molar-refractivity contribution < 1.29 is 23.8 Å². The van der Waals surface area contributed by atoms with Crippen LogP contribution in [0.2, 0.25) is 0 Å². The Morgan fingerprint density at radius 3 is 2.72 bits per heavy atom. The summed E-state index contributed by atoms with van der Waals surface area (Å²) in [4.78, 5) is 34.3. The predicted octanol–water partition coefficient (Wildman–Crippen LogP) is 4.58. The maximum atomic E-state index is 12.9. The molecule has 0 spiro atoms. The molecule has 2 heterocycles. The molecule has 9 heteroatoms. The number of unbranched alkanes of at least 4 members (excludes halogenated alkanes) is 1. The van der Waals surface area contributed by atoms with Gasteiger partial charge in [-0.05, 0) is 60.2 Å². The van der Waals surface area contributed by atoms with Gasteiger partial charge in [0.05, 0.1) is 37.5 Å². The molecule has 0 aromatic heterocycles. The van der Waals surface area contributed by atoms with E-state index in [0.29, 0.717) is 65.7 Å². The number of morpholine rings is 1. The van der Waals surface area contributed by atoms with Gasteiger partial charge >= 0.3 is 0 Å². The fourth-order valence-electron chi connectivity index (χ4n) is 3.79. The Bertz CT molecular complexity index is 1170. The highest BCUT2D eigenvalue weighted by Gasteiger charge is 2.30. The molecule has 2 aromatic carbocycles. The summed E-state index contributed by atoms with van der Waals surface area (Å²) in [6, 6.07) is 12.8. The van der Waals surface area contributed by atoms with Crippen molar-refractivity contribution in [2.45, 2.75) is 19.8 Å². The van der Waals surface area contributed by atoms with E-state index in [1.54, 1.807) is 31.2 Å². The van der Waals surface area contributed by atoms with E-state index in [2.05, 4.69) is 11.9 Å². The summed E-state index contributed by atoms with van der Waals surface area (Å²) in [6.45, 7) is 5.00. The van der Waals surface area contributed by atoms with E-state index in [9.17, 15) is 9.59 Å². The summed E-state index contributed by atoms with van der Waals surface area (Å²) < 4.78 is 16.6. The second kappa shape index (κ2) is 12.1. The second-order valence-corrected chi connectivity index (χ2v) is 9.45. The average molecular weight is 510 g/mol. The van der Waals surface area contributed by atoms with Crippen LogP contribution in [0, 0.1) is 0 Å². The number of aliphatic imine (C=N–C) groups is 1. The van der Waals surface area contributed by atoms with Crippen molar-refractivity contribution in [3.05, 3.63) is 58.5 Å². The van der Waals surface area contributed by atoms with Gasteiger partial charge in [0.15, 0.2) is 16.7 Å². The fraction of sp³-hybridized carbons (Fsp3) is 0.370. The normalized spacial score (nSPS) is 18.2. The van der Waals surface area contributed by atoms with E-state index < -0.39 is 0 Å². The molecule has 0 unspecified atom stereocenters. The van der Waals surface area contributed by atoms with Crippen molar-refractivity contribution in [2.75, 3.05) is 47.1 Å². The minimum Gasteiger partial charge on any atom is -0.493 e. The van der Waals surface area contributed by atoms with E-state index in [1.807, 2.05) is 36.4 Å². The van der Waals surface area contributed by atoms with Crippen LogP contribution in [0.4, 0.5) is 5.69 Å². The van der Waals surface area contributed by atoms with Gasteiger partial charge in [-0.2, -0.15) is 0 Å². The molecule has 36 heavy (non-hydrogen) atoms. The molecule has 2 aliphatic heterocycles. The highest BCUT2D eigenvalue weighted by molar-refractivity contribution is 8.18. The van der Waals surface area contributed by atoms with Gasteiger partial charge in [-0.1, -0.05) is 25.5 Å². The van der Waals surface area contributed by atoms with Gasteiger partial charge in [-0.25, -0.2) is 4.99 Å². The van der Waals surface area contributed by atoms with Crippen LogP contribution >= 0.6 is 11.8 Å². The smallest absolute Gasteiger partial charge is 0.266 e.